The molecule has 106 valence electrons. The second-order valence-corrected chi connectivity index (χ2v) is 4.18. The predicted octanol–water partition coefficient (Wildman–Crippen LogP) is 1.88. The first-order valence-electron chi connectivity index (χ1n) is 6.15. The van der Waals surface area contributed by atoms with E-state index in [-0.39, 0.29) is 24.7 Å². The Bertz CT molecular complexity index is 609. The summed E-state index contributed by atoms with van der Waals surface area (Å²) < 4.78 is 7.40. The highest BCUT2D eigenvalue weighted by Gasteiger charge is 2.16. The molecule has 0 radical (unpaired) electrons. The number of nitrogens with zero attached hydrogens (tertiary/aromatic N) is 3. The maximum atomic E-state index is 11.0. The van der Waals surface area contributed by atoms with Gasteiger partial charge in [0.05, 0.1) is 29.7 Å². The maximum Gasteiger partial charge on any atom is 0.311 e. The Morgan fingerprint density at radius 1 is 1.50 bits per heavy atom. The first-order valence-corrected chi connectivity index (χ1v) is 6.15. The van der Waals surface area contributed by atoms with E-state index in [1.807, 2.05) is 11.5 Å². The van der Waals surface area contributed by atoms with Crippen molar-refractivity contribution in [3.05, 3.63) is 52.1 Å². The average Bonchev–Trinajstić information content (AvgIpc) is 2.92. The number of benzene rings is 1. The van der Waals surface area contributed by atoms with Gasteiger partial charge in [0.15, 0.2) is 5.75 Å². The third kappa shape index (κ3) is 2.94. The summed E-state index contributed by atoms with van der Waals surface area (Å²) in [5.74, 6) is 0.177. The highest BCUT2D eigenvalue weighted by atomic mass is 16.6. The van der Waals surface area contributed by atoms with E-state index in [4.69, 9.17) is 9.84 Å². The molecule has 0 bridgehead atoms. The van der Waals surface area contributed by atoms with Crippen molar-refractivity contribution < 1.29 is 14.8 Å². The predicted molar refractivity (Wildman–Crippen MR) is 71.3 cm³/mol. The fourth-order valence-electron chi connectivity index (χ4n) is 1.83. The molecule has 0 amide bonds. The molecule has 0 saturated carbocycles. The third-order valence-electron chi connectivity index (χ3n) is 2.92. The van der Waals surface area contributed by atoms with Crippen LogP contribution < -0.4 is 4.74 Å². The van der Waals surface area contributed by atoms with E-state index in [1.54, 1.807) is 18.6 Å². The van der Waals surface area contributed by atoms with Gasteiger partial charge in [-0.3, -0.25) is 10.1 Å². The summed E-state index contributed by atoms with van der Waals surface area (Å²) in [6.45, 7) is 2.69. The Balaban J connectivity index is 2.19. The van der Waals surface area contributed by atoms with Gasteiger partial charge in [-0.2, -0.15) is 0 Å². The van der Waals surface area contributed by atoms with Crippen molar-refractivity contribution in [2.45, 2.75) is 26.7 Å². The minimum absolute atomic E-state index is 0.154. The SMILES string of the molecule is CCn1cncc1COc1ccc(CO)cc1[N+](=O)[O-]. The minimum Gasteiger partial charge on any atom is -0.480 e. The first kappa shape index (κ1) is 14.0. The third-order valence-corrected chi connectivity index (χ3v) is 2.92. The van der Waals surface area contributed by atoms with Crippen LogP contribution >= 0.6 is 0 Å². The van der Waals surface area contributed by atoms with Crippen LogP contribution in [-0.2, 0) is 19.8 Å². The molecule has 1 heterocycles. The topological polar surface area (TPSA) is 90.4 Å². The normalized spacial score (nSPS) is 10.5. The van der Waals surface area contributed by atoms with Crippen LogP contribution in [0.15, 0.2) is 30.7 Å². The molecule has 0 fully saturated rings. The summed E-state index contributed by atoms with van der Waals surface area (Å²) in [6, 6.07) is 4.41. The van der Waals surface area contributed by atoms with Gasteiger partial charge in [0.1, 0.15) is 6.61 Å². The lowest BCUT2D eigenvalue weighted by Crippen LogP contribution is -2.05. The molecule has 0 aliphatic carbocycles. The highest BCUT2D eigenvalue weighted by Crippen LogP contribution is 2.28. The molecule has 0 aliphatic rings. The lowest BCUT2D eigenvalue weighted by Gasteiger charge is -2.09. The number of rotatable bonds is 6. The maximum absolute atomic E-state index is 11.0. The van der Waals surface area contributed by atoms with E-state index in [2.05, 4.69) is 4.98 Å². The minimum atomic E-state index is -0.522. The molecule has 0 spiro atoms. The molecule has 0 unspecified atom stereocenters. The summed E-state index contributed by atoms with van der Waals surface area (Å²) in [5.41, 5.74) is 1.16. The molecular weight excluding hydrogens is 262 g/mol. The molecule has 1 aromatic carbocycles. The van der Waals surface area contributed by atoms with Crippen molar-refractivity contribution in [3.63, 3.8) is 0 Å². The van der Waals surface area contributed by atoms with E-state index < -0.39 is 4.92 Å². The molecular formula is C13H15N3O4. The van der Waals surface area contributed by atoms with Crippen LogP contribution in [0.1, 0.15) is 18.2 Å². The average molecular weight is 277 g/mol. The van der Waals surface area contributed by atoms with Crippen LogP contribution in [0.4, 0.5) is 5.69 Å². The molecule has 1 N–H and O–H groups in total. The Hall–Kier alpha value is -2.41. The fraction of sp³-hybridized carbons (Fsp3) is 0.308. The molecule has 1 aromatic heterocycles. The summed E-state index contributed by atoms with van der Waals surface area (Å²) in [5, 5.41) is 20.0. The Morgan fingerprint density at radius 3 is 2.95 bits per heavy atom. The quantitative estimate of drug-likeness (QED) is 0.643. The van der Waals surface area contributed by atoms with Gasteiger partial charge in [-0.1, -0.05) is 6.07 Å². The molecule has 20 heavy (non-hydrogen) atoms. The number of ether oxygens (including phenoxy) is 1. The molecule has 0 atom stereocenters. The summed E-state index contributed by atoms with van der Waals surface area (Å²) in [4.78, 5) is 14.5. The van der Waals surface area contributed by atoms with Gasteiger partial charge >= 0.3 is 5.69 Å². The van der Waals surface area contributed by atoms with Crippen molar-refractivity contribution in [2.75, 3.05) is 0 Å². The second kappa shape index (κ2) is 6.16. The molecule has 0 saturated heterocycles. The van der Waals surface area contributed by atoms with Crippen LogP contribution in [0.2, 0.25) is 0 Å². The van der Waals surface area contributed by atoms with Crippen molar-refractivity contribution in [2.24, 2.45) is 0 Å². The fourth-order valence-corrected chi connectivity index (χ4v) is 1.83. The standard InChI is InChI=1S/C13H15N3O4/c1-2-15-9-14-6-11(15)8-20-13-4-3-10(7-17)5-12(13)16(18)19/h3-6,9,17H,2,7-8H2,1H3. The van der Waals surface area contributed by atoms with Crippen LogP contribution in [0.5, 0.6) is 5.75 Å². The number of aliphatic hydroxyl groups is 1. The van der Waals surface area contributed by atoms with Crippen molar-refractivity contribution >= 4 is 5.69 Å². The van der Waals surface area contributed by atoms with E-state index >= 15 is 0 Å². The number of aryl methyl sites for hydroxylation is 1. The number of imidazole rings is 1. The van der Waals surface area contributed by atoms with E-state index in [0.29, 0.717) is 5.56 Å². The van der Waals surface area contributed by atoms with Crippen LogP contribution in [-0.4, -0.2) is 19.6 Å². The summed E-state index contributed by atoms with van der Waals surface area (Å²) >= 11 is 0. The van der Waals surface area contributed by atoms with Gasteiger partial charge in [0.2, 0.25) is 0 Å². The molecule has 7 heteroatoms. The van der Waals surface area contributed by atoms with Gasteiger partial charge in [-0.25, -0.2) is 4.98 Å². The van der Waals surface area contributed by atoms with Gasteiger partial charge in [0.25, 0.3) is 0 Å². The molecule has 0 aliphatic heterocycles. The van der Waals surface area contributed by atoms with Gasteiger partial charge in [0, 0.05) is 12.6 Å². The zero-order chi connectivity index (χ0) is 14.5. The van der Waals surface area contributed by atoms with Gasteiger partial charge in [-0.15, -0.1) is 0 Å². The van der Waals surface area contributed by atoms with E-state index in [9.17, 15) is 10.1 Å². The summed E-state index contributed by atoms with van der Waals surface area (Å²) in [7, 11) is 0. The van der Waals surface area contributed by atoms with Crippen LogP contribution in [0.25, 0.3) is 0 Å². The Kier molecular flexibility index (Phi) is 4.31. The van der Waals surface area contributed by atoms with E-state index in [1.165, 1.54) is 12.1 Å². The first-order chi connectivity index (χ1) is 9.65. The Labute approximate surface area is 115 Å². The number of aliphatic hydroxyl groups excluding tert-OH is 1. The van der Waals surface area contributed by atoms with E-state index in [0.717, 1.165) is 12.2 Å². The van der Waals surface area contributed by atoms with Crippen LogP contribution in [0.3, 0.4) is 0 Å². The monoisotopic (exact) mass is 277 g/mol. The lowest BCUT2D eigenvalue weighted by molar-refractivity contribution is -0.386. The zero-order valence-corrected chi connectivity index (χ0v) is 11.0. The summed E-state index contributed by atoms with van der Waals surface area (Å²) in [6.07, 6.45) is 3.35. The Morgan fingerprint density at radius 2 is 2.30 bits per heavy atom. The lowest BCUT2D eigenvalue weighted by atomic mass is 10.2. The van der Waals surface area contributed by atoms with Gasteiger partial charge < -0.3 is 14.4 Å². The molecule has 2 rings (SSSR count). The smallest absolute Gasteiger partial charge is 0.311 e. The zero-order valence-electron chi connectivity index (χ0n) is 11.0. The van der Waals surface area contributed by atoms with Crippen LogP contribution in [0, 0.1) is 10.1 Å². The van der Waals surface area contributed by atoms with Crippen molar-refractivity contribution in [1.82, 2.24) is 9.55 Å². The number of nitro groups is 1. The second-order valence-electron chi connectivity index (χ2n) is 4.18. The number of hydrogen-bond donors (Lipinski definition) is 1. The number of aromatic nitrogens is 2. The molecule has 2 aromatic rings. The van der Waals surface area contributed by atoms with Gasteiger partial charge in [-0.05, 0) is 18.6 Å². The highest BCUT2D eigenvalue weighted by molar-refractivity contribution is 5.48. The number of hydrogen-bond acceptors (Lipinski definition) is 5. The van der Waals surface area contributed by atoms with Crippen molar-refractivity contribution in [1.29, 1.82) is 0 Å². The van der Waals surface area contributed by atoms with Crippen molar-refractivity contribution in [3.8, 4) is 5.75 Å². The number of nitro benzene ring substituents is 1. The molecule has 7 nitrogen and oxygen atoms in total. The largest absolute Gasteiger partial charge is 0.480 e.